The summed E-state index contributed by atoms with van der Waals surface area (Å²) >= 11 is 0. The molecule has 4 aromatic carbocycles. The fourth-order valence-electron chi connectivity index (χ4n) is 3.51. The molecule has 0 aliphatic rings. The monoisotopic (exact) mass is 495 g/mol. The van der Waals surface area contributed by atoms with Gasteiger partial charge in [0.15, 0.2) is 6.61 Å². The van der Waals surface area contributed by atoms with Crippen LogP contribution in [0, 0.1) is 0 Å². The van der Waals surface area contributed by atoms with Gasteiger partial charge in [-0.25, -0.2) is 9.59 Å². The minimum absolute atomic E-state index is 0.110. The zero-order valence-electron chi connectivity index (χ0n) is 20.2. The molecule has 0 aliphatic heterocycles. The van der Waals surface area contributed by atoms with E-state index in [1.807, 2.05) is 79.7 Å². The number of nitrogens with zero attached hydrogens (tertiary/aromatic N) is 1. The van der Waals surface area contributed by atoms with E-state index in [1.165, 1.54) is 18.2 Å². The SMILES string of the molecule is CC(=NOCCOc1ccc(C(=O)O)c(OC(=O)c2ccc(-c3ccccc3)cc2)c1)c1ccccc1. The molecule has 0 heterocycles. The summed E-state index contributed by atoms with van der Waals surface area (Å²) in [4.78, 5) is 29.7. The molecule has 0 saturated carbocycles. The molecular weight excluding hydrogens is 470 g/mol. The summed E-state index contributed by atoms with van der Waals surface area (Å²) in [5.41, 5.74) is 3.80. The number of carboxylic acids is 1. The second-order valence-corrected chi connectivity index (χ2v) is 8.02. The Balaban J connectivity index is 1.38. The maximum Gasteiger partial charge on any atom is 0.343 e. The molecule has 186 valence electrons. The van der Waals surface area contributed by atoms with E-state index >= 15 is 0 Å². The molecule has 37 heavy (non-hydrogen) atoms. The number of rotatable bonds is 10. The van der Waals surface area contributed by atoms with E-state index in [4.69, 9.17) is 14.3 Å². The van der Waals surface area contributed by atoms with Crippen molar-refractivity contribution in [3.8, 4) is 22.6 Å². The van der Waals surface area contributed by atoms with Crippen molar-refractivity contribution in [1.82, 2.24) is 0 Å². The molecule has 0 saturated heterocycles. The molecule has 0 amide bonds. The van der Waals surface area contributed by atoms with Crippen molar-refractivity contribution in [3.05, 3.63) is 120 Å². The van der Waals surface area contributed by atoms with Crippen LogP contribution in [-0.2, 0) is 4.84 Å². The molecule has 0 radical (unpaired) electrons. The number of aromatic carboxylic acids is 1. The third kappa shape index (κ3) is 6.82. The Hall–Kier alpha value is -4.91. The third-order valence-corrected chi connectivity index (χ3v) is 5.45. The van der Waals surface area contributed by atoms with Crippen LogP contribution in [0.15, 0.2) is 108 Å². The highest BCUT2D eigenvalue weighted by molar-refractivity contribution is 5.98. The van der Waals surface area contributed by atoms with Crippen molar-refractivity contribution in [2.45, 2.75) is 6.92 Å². The van der Waals surface area contributed by atoms with Crippen molar-refractivity contribution in [2.24, 2.45) is 5.16 Å². The predicted molar refractivity (Wildman–Crippen MR) is 140 cm³/mol. The van der Waals surface area contributed by atoms with Gasteiger partial charge in [-0.2, -0.15) is 0 Å². The summed E-state index contributed by atoms with van der Waals surface area (Å²) in [6.07, 6.45) is 0. The van der Waals surface area contributed by atoms with Crippen molar-refractivity contribution >= 4 is 17.7 Å². The van der Waals surface area contributed by atoms with Crippen molar-refractivity contribution in [1.29, 1.82) is 0 Å². The summed E-state index contributed by atoms with van der Waals surface area (Å²) in [5.74, 6) is -1.67. The topological polar surface area (TPSA) is 94.4 Å². The first-order valence-corrected chi connectivity index (χ1v) is 11.6. The summed E-state index contributed by atoms with van der Waals surface area (Å²) in [7, 11) is 0. The van der Waals surface area contributed by atoms with Gasteiger partial charge >= 0.3 is 11.9 Å². The Kier molecular flexibility index (Phi) is 8.29. The van der Waals surface area contributed by atoms with Crippen LogP contribution in [-0.4, -0.2) is 36.0 Å². The average Bonchev–Trinajstić information content (AvgIpc) is 2.93. The summed E-state index contributed by atoms with van der Waals surface area (Å²) in [6, 6.07) is 30.5. The first kappa shape index (κ1) is 25.2. The highest BCUT2D eigenvalue weighted by atomic mass is 16.6. The lowest BCUT2D eigenvalue weighted by atomic mass is 10.0. The van der Waals surface area contributed by atoms with Crippen molar-refractivity contribution in [3.63, 3.8) is 0 Å². The van der Waals surface area contributed by atoms with Gasteiger partial charge in [-0.15, -0.1) is 0 Å². The fourth-order valence-corrected chi connectivity index (χ4v) is 3.51. The summed E-state index contributed by atoms with van der Waals surface area (Å²) < 4.78 is 11.1. The van der Waals surface area contributed by atoms with Gasteiger partial charge in [-0.3, -0.25) is 0 Å². The van der Waals surface area contributed by atoms with Gasteiger partial charge < -0.3 is 19.4 Å². The van der Waals surface area contributed by atoms with E-state index in [1.54, 1.807) is 12.1 Å². The number of carbonyl (C=O) groups excluding carboxylic acids is 1. The maximum absolute atomic E-state index is 12.7. The number of benzene rings is 4. The number of hydrogen-bond acceptors (Lipinski definition) is 6. The lowest BCUT2D eigenvalue weighted by Gasteiger charge is -2.11. The zero-order chi connectivity index (χ0) is 26.0. The van der Waals surface area contributed by atoms with Crippen LogP contribution in [0.1, 0.15) is 33.2 Å². The molecule has 0 aromatic heterocycles. The number of oxime groups is 1. The molecule has 0 spiro atoms. The van der Waals surface area contributed by atoms with Gasteiger partial charge in [0.25, 0.3) is 0 Å². The maximum atomic E-state index is 12.7. The van der Waals surface area contributed by atoms with Crippen LogP contribution in [0.2, 0.25) is 0 Å². The van der Waals surface area contributed by atoms with E-state index in [2.05, 4.69) is 5.16 Å². The molecule has 0 bridgehead atoms. The lowest BCUT2D eigenvalue weighted by Crippen LogP contribution is -2.12. The number of hydrogen-bond donors (Lipinski definition) is 1. The molecule has 0 fully saturated rings. The first-order valence-electron chi connectivity index (χ1n) is 11.6. The van der Waals surface area contributed by atoms with Crippen molar-refractivity contribution < 1.29 is 29.0 Å². The Morgan fingerprint density at radius 2 is 1.41 bits per heavy atom. The van der Waals surface area contributed by atoms with Gasteiger partial charge in [0, 0.05) is 6.07 Å². The molecule has 0 atom stereocenters. The summed E-state index contributed by atoms with van der Waals surface area (Å²) in [6.45, 7) is 2.18. The molecule has 4 rings (SSSR count). The quantitative estimate of drug-likeness (QED) is 0.0941. The number of carboxylic acid groups (broad SMARTS) is 1. The second kappa shape index (κ2) is 12.2. The Labute approximate surface area is 214 Å². The summed E-state index contributed by atoms with van der Waals surface area (Å²) in [5, 5.41) is 13.6. The fraction of sp³-hybridized carbons (Fsp3) is 0.100. The minimum atomic E-state index is -1.22. The van der Waals surface area contributed by atoms with Gasteiger partial charge in [-0.05, 0) is 47.9 Å². The highest BCUT2D eigenvalue weighted by Gasteiger charge is 2.17. The smallest absolute Gasteiger partial charge is 0.343 e. The zero-order valence-corrected chi connectivity index (χ0v) is 20.2. The van der Waals surface area contributed by atoms with Crippen LogP contribution in [0.4, 0.5) is 0 Å². The average molecular weight is 496 g/mol. The van der Waals surface area contributed by atoms with Gasteiger partial charge in [-0.1, -0.05) is 78.0 Å². The minimum Gasteiger partial charge on any atom is -0.490 e. The van der Waals surface area contributed by atoms with Crippen LogP contribution >= 0.6 is 0 Å². The molecule has 7 heteroatoms. The molecule has 0 unspecified atom stereocenters. The molecule has 7 nitrogen and oxygen atoms in total. The number of ether oxygens (including phenoxy) is 2. The Bertz CT molecular complexity index is 1380. The second-order valence-electron chi connectivity index (χ2n) is 8.02. The van der Waals surface area contributed by atoms with Gasteiger partial charge in [0.2, 0.25) is 0 Å². The first-order chi connectivity index (χ1) is 18.0. The van der Waals surface area contributed by atoms with E-state index in [-0.39, 0.29) is 24.5 Å². The van der Waals surface area contributed by atoms with E-state index < -0.39 is 11.9 Å². The van der Waals surface area contributed by atoms with Crippen LogP contribution in [0.25, 0.3) is 11.1 Å². The number of esters is 1. The predicted octanol–water partition coefficient (Wildman–Crippen LogP) is 6.09. The van der Waals surface area contributed by atoms with Crippen LogP contribution in [0.3, 0.4) is 0 Å². The van der Waals surface area contributed by atoms with E-state index in [0.717, 1.165) is 22.4 Å². The molecule has 1 N–H and O–H groups in total. The van der Waals surface area contributed by atoms with E-state index in [9.17, 15) is 14.7 Å². The standard InChI is InChI=1S/C30H25NO6/c1-21(22-8-4-2-5-9-22)31-36-19-18-35-26-16-17-27(29(32)33)28(20-26)37-30(34)25-14-12-24(13-15-25)23-10-6-3-7-11-23/h2-17,20H,18-19H2,1H3,(H,32,33). The normalized spacial score (nSPS) is 11.0. The highest BCUT2D eigenvalue weighted by Crippen LogP contribution is 2.27. The Morgan fingerprint density at radius 3 is 2.08 bits per heavy atom. The largest absolute Gasteiger partial charge is 0.490 e. The molecular formula is C30H25NO6. The number of carbonyl (C=O) groups is 2. The van der Waals surface area contributed by atoms with E-state index in [0.29, 0.717) is 11.3 Å². The molecule has 0 aliphatic carbocycles. The van der Waals surface area contributed by atoms with Crippen molar-refractivity contribution in [2.75, 3.05) is 13.2 Å². The Morgan fingerprint density at radius 1 is 0.757 bits per heavy atom. The lowest BCUT2D eigenvalue weighted by molar-refractivity contribution is 0.0680. The van der Waals surface area contributed by atoms with Gasteiger partial charge in [0.05, 0.1) is 11.3 Å². The van der Waals surface area contributed by atoms with Crippen LogP contribution < -0.4 is 9.47 Å². The third-order valence-electron chi connectivity index (χ3n) is 5.45. The van der Waals surface area contributed by atoms with Gasteiger partial charge in [0.1, 0.15) is 23.7 Å². The molecule has 4 aromatic rings. The van der Waals surface area contributed by atoms with Crippen LogP contribution in [0.5, 0.6) is 11.5 Å².